The molecule has 0 saturated carbocycles. The van der Waals surface area contributed by atoms with Gasteiger partial charge in [0.25, 0.3) is 5.91 Å². The molecule has 2 N–H and O–H groups in total. The lowest BCUT2D eigenvalue weighted by Gasteiger charge is -2.34. The smallest absolute Gasteiger partial charge is 0.276 e. The summed E-state index contributed by atoms with van der Waals surface area (Å²) >= 11 is 5.87. The van der Waals surface area contributed by atoms with Crippen molar-refractivity contribution >= 4 is 29.9 Å². The minimum absolute atomic E-state index is 0. The van der Waals surface area contributed by atoms with E-state index in [4.69, 9.17) is 26.6 Å². The normalized spacial score (nSPS) is 18.8. The SMILES string of the molecule is CC(N)C1CN(C(=O)c2cc(-c3ccc(Cl)cc3)on2)CCO1.Cl. The average Bonchev–Trinajstić information content (AvgIpc) is 3.05. The van der Waals surface area contributed by atoms with E-state index >= 15 is 0 Å². The van der Waals surface area contributed by atoms with Crippen LogP contribution in [0.4, 0.5) is 0 Å². The number of hydrogen-bond donors (Lipinski definition) is 1. The lowest BCUT2D eigenvalue weighted by molar-refractivity contribution is -0.0302. The zero-order chi connectivity index (χ0) is 16.4. The van der Waals surface area contributed by atoms with Gasteiger partial charge in [-0.25, -0.2) is 0 Å². The molecule has 3 rings (SSSR count). The lowest BCUT2D eigenvalue weighted by atomic mass is 10.1. The molecule has 1 aromatic carbocycles. The molecule has 0 radical (unpaired) electrons. The van der Waals surface area contributed by atoms with Crippen LogP contribution >= 0.6 is 24.0 Å². The topological polar surface area (TPSA) is 81.6 Å². The van der Waals surface area contributed by atoms with Crippen molar-refractivity contribution in [3.63, 3.8) is 0 Å². The van der Waals surface area contributed by atoms with Gasteiger partial charge in [-0.1, -0.05) is 16.8 Å². The number of carbonyl (C=O) groups is 1. The molecule has 1 fully saturated rings. The number of nitrogens with zero attached hydrogens (tertiary/aromatic N) is 2. The number of halogens is 2. The number of morpholine rings is 1. The second-order valence-electron chi connectivity index (χ2n) is 5.60. The van der Waals surface area contributed by atoms with Crippen LogP contribution in [0.15, 0.2) is 34.9 Å². The summed E-state index contributed by atoms with van der Waals surface area (Å²) in [5.41, 5.74) is 6.95. The number of hydrogen-bond acceptors (Lipinski definition) is 5. The molecule has 6 nitrogen and oxygen atoms in total. The first kappa shape index (κ1) is 18.7. The van der Waals surface area contributed by atoms with Crippen molar-refractivity contribution in [3.05, 3.63) is 41.0 Å². The minimum Gasteiger partial charge on any atom is -0.373 e. The summed E-state index contributed by atoms with van der Waals surface area (Å²) in [5, 5.41) is 4.53. The highest BCUT2D eigenvalue weighted by atomic mass is 35.5. The van der Waals surface area contributed by atoms with Crippen molar-refractivity contribution < 1.29 is 14.1 Å². The van der Waals surface area contributed by atoms with Crippen LogP contribution in [0.1, 0.15) is 17.4 Å². The largest absolute Gasteiger partial charge is 0.373 e. The van der Waals surface area contributed by atoms with Gasteiger partial charge >= 0.3 is 0 Å². The van der Waals surface area contributed by atoms with Crippen LogP contribution in [0.5, 0.6) is 0 Å². The van der Waals surface area contributed by atoms with E-state index in [0.29, 0.717) is 30.5 Å². The summed E-state index contributed by atoms with van der Waals surface area (Å²) in [6.07, 6.45) is -0.157. The fourth-order valence-electron chi connectivity index (χ4n) is 2.47. The second-order valence-corrected chi connectivity index (χ2v) is 6.04. The standard InChI is InChI=1S/C16H18ClN3O3.ClH/c1-10(18)15-9-20(6-7-22-15)16(21)13-8-14(23-19-13)11-2-4-12(17)5-3-11;/h2-5,8,10,15H,6-7,9,18H2,1H3;1H. The Hall–Kier alpha value is -1.60. The Balaban J connectivity index is 0.00000208. The monoisotopic (exact) mass is 371 g/mol. The summed E-state index contributed by atoms with van der Waals surface area (Å²) in [6.45, 7) is 3.32. The molecule has 2 aromatic rings. The second kappa shape index (κ2) is 7.98. The molecule has 2 atom stereocenters. The maximum atomic E-state index is 12.6. The van der Waals surface area contributed by atoms with Crippen LogP contribution in [0.2, 0.25) is 5.02 Å². The Kier molecular flexibility index (Phi) is 6.23. The molecule has 1 aliphatic heterocycles. The van der Waals surface area contributed by atoms with Crippen molar-refractivity contribution in [2.24, 2.45) is 5.73 Å². The average molecular weight is 372 g/mol. The van der Waals surface area contributed by atoms with E-state index in [1.807, 2.05) is 19.1 Å². The number of amides is 1. The highest BCUT2D eigenvalue weighted by Crippen LogP contribution is 2.23. The van der Waals surface area contributed by atoms with E-state index in [0.717, 1.165) is 5.56 Å². The Morgan fingerprint density at radius 1 is 1.42 bits per heavy atom. The third kappa shape index (κ3) is 4.08. The predicted molar refractivity (Wildman–Crippen MR) is 93.5 cm³/mol. The summed E-state index contributed by atoms with van der Waals surface area (Å²) in [4.78, 5) is 14.2. The lowest BCUT2D eigenvalue weighted by Crippen LogP contribution is -2.51. The molecular weight excluding hydrogens is 353 g/mol. The first-order valence-corrected chi connectivity index (χ1v) is 7.81. The van der Waals surface area contributed by atoms with Gasteiger partial charge in [-0.2, -0.15) is 0 Å². The molecule has 8 heteroatoms. The molecule has 1 aromatic heterocycles. The first-order valence-electron chi connectivity index (χ1n) is 7.43. The van der Waals surface area contributed by atoms with Crippen molar-refractivity contribution in [3.8, 4) is 11.3 Å². The van der Waals surface area contributed by atoms with E-state index in [9.17, 15) is 4.79 Å². The number of benzene rings is 1. The summed E-state index contributed by atoms with van der Waals surface area (Å²) in [7, 11) is 0. The van der Waals surface area contributed by atoms with Gasteiger partial charge < -0.3 is 19.9 Å². The van der Waals surface area contributed by atoms with E-state index in [1.165, 1.54) is 0 Å². The zero-order valence-corrected chi connectivity index (χ0v) is 14.7. The van der Waals surface area contributed by atoms with Gasteiger partial charge in [-0.05, 0) is 31.2 Å². The van der Waals surface area contributed by atoms with Gasteiger partial charge in [-0.15, -0.1) is 12.4 Å². The summed E-state index contributed by atoms with van der Waals surface area (Å²) in [6, 6.07) is 8.66. The molecule has 130 valence electrons. The number of ether oxygens (including phenoxy) is 1. The van der Waals surface area contributed by atoms with Crippen molar-refractivity contribution in [2.75, 3.05) is 19.7 Å². The van der Waals surface area contributed by atoms with Crippen molar-refractivity contribution in [2.45, 2.75) is 19.1 Å². The molecule has 2 heterocycles. The number of carbonyl (C=O) groups excluding carboxylic acids is 1. The van der Waals surface area contributed by atoms with Crippen LogP contribution in [-0.4, -0.2) is 47.8 Å². The van der Waals surface area contributed by atoms with E-state index in [2.05, 4.69) is 5.16 Å². The Labute approximate surface area is 151 Å². The van der Waals surface area contributed by atoms with Crippen LogP contribution in [0.3, 0.4) is 0 Å². The quantitative estimate of drug-likeness (QED) is 0.896. The van der Waals surface area contributed by atoms with Gasteiger partial charge in [0.05, 0.1) is 12.7 Å². The molecule has 24 heavy (non-hydrogen) atoms. The van der Waals surface area contributed by atoms with Crippen molar-refractivity contribution in [1.29, 1.82) is 0 Å². The van der Waals surface area contributed by atoms with Crippen LogP contribution in [0, 0.1) is 0 Å². The number of aromatic nitrogens is 1. The third-order valence-corrected chi connectivity index (χ3v) is 4.08. The molecular formula is C16H19Cl2N3O3. The van der Waals surface area contributed by atoms with Gasteiger partial charge in [0.2, 0.25) is 0 Å². The minimum atomic E-state index is -0.178. The summed E-state index contributed by atoms with van der Waals surface area (Å²) in [5.74, 6) is 0.352. The molecule has 0 spiro atoms. The summed E-state index contributed by atoms with van der Waals surface area (Å²) < 4.78 is 10.8. The van der Waals surface area contributed by atoms with Crippen LogP contribution < -0.4 is 5.73 Å². The molecule has 1 amide bonds. The maximum Gasteiger partial charge on any atom is 0.276 e. The van der Waals surface area contributed by atoms with Crippen LogP contribution in [0.25, 0.3) is 11.3 Å². The molecule has 0 aliphatic carbocycles. The van der Waals surface area contributed by atoms with E-state index < -0.39 is 0 Å². The van der Waals surface area contributed by atoms with Gasteiger partial charge in [0.1, 0.15) is 0 Å². The number of nitrogens with two attached hydrogens (primary N) is 1. The highest BCUT2D eigenvalue weighted by Gasteiger charge is 2.28. The van der Waals surface area contributed by atoms with E-state index in [1.54, 1.807) is 23.1 Å². The van der Waals surface area contributed by atoms with Gasteiger partial charge in [0.15, 0.2) is 11.5 Å². The predicted octanol–water partition coefficient (Wildman–Crippen LogP) is 2.61. The maximum absolute atomic E-state index is 12.6. The molecule has 1 saturated heterocycles. The Bertz CT molecular complexity index is 688. The highest BCUT2D eigenvalue weighted by molar-refractivity contribution is 6.30. The van der Waals surface area contributed by atoms with E-state index in [-0.39, 0.29) is 36.2 Å². The molecule has 0 bridgehead atoms. The molecule has 1 aliphatic rings. The Morgan fingerprint density at radius 2 is 2.12 bits per heavy atom. The molecule has 2 unspecified atom stereocenters. The van der Waals surface area contributed by atoms with Crippen LogP contribution in [-0.2, 0) is 4.74 Å². The first-order chi connectivity index (χ1) is 11.0. The van der Waals surface area contributed by atoms with Crippen molar-refractivity contribution in [1.82, 2.24) is 10.1 Å². The number of rotatable bonds is 3. The Morgan fingerprint density at radius 3 is 2.79 bits per heavy atom. The van der Waals surface area contributed by atoms with Gasteiger partial charge in [-0.3, -0.25) is 4.79 Å². The zero-order valence-electron chi connectivity index (χ0n) is 13.1. The fourth-order valence-corrected chi connectivity index (χ4v) is 2.59. The van der Waals surface area contributed by atoms with Gasteiger partial charge in [0, 0.05) is 35.8 Å². The third-order valence-electron chi connectivity index (χ3n) is 3.83. The fraction of sp³-hybridized carbons (Fsp3) is 0.375.